The first-order chi connectivity index (χ1) is 18.2. The predicted octanol–water partition coefficient (Wildman–Crippen LogP) is 2.71. The number of hydrogen-bond donors (Lipinski definition) is 3. The van der Waals surface area contributed by atoms with Crippen molar-refractivity contribution in [2.45, 2.75) is 31.2 Å². The summed E-state index contributed by atoms with van der Waals surface area (Å²) >= 11 is 0. The molecule has 200 valence electrons. The van der Waals surface area contributed by atoms with Gasteiger partial charge in [0.1, 0.15) is 24.9 Å². The van der Waals surface area contributed by atoms with Gasteiger partial charge < -0.3 is 19.8 Å². The quantitative estimate of drug-likeness (QED) is 0.439. The lowest BCUT2D eigenvalue weighted by Gasteiger charge is -2.45. The Balaban J connectivity index is 1.44. The fourth-order valence-electron chi connectivity index (χ4n) is 4.45. The zero-order valence-corrected chi connectivity index (χ0v) is 20.0. The van der Waals surface area contributed by atoms with Crippen molar-refractivity contribution in [1.82, 2.24) is 19.9 Å². The van der Waals surface area contributed by atoms with Gasteiger partial charge in [-0.05, 0) is 25.0 Å². The average Bonchev–Trinajstić information content (AvgIpc) is 2.91. The van der Waals surface area contributed by atoms with Crippen LogP contribution in [-0.4, -0.2) is 74.6 Å². The van der Waals surface area contributed by atoms with Crippen LogP contribution in [0.5, 0.6) is 5.88 Å². The highest BCUT2D eigenvalue weighted by molar-refractivity contribution is 6.04. The van der Waals surface area contributed by atoms with E-state index < -0.39 is 30.5 Å². The van der Waals surface area contributed by atoms with E-state index in [1.807, 2.05) is 0 Å². The van der Waals surface area contributed by atoms with Gasteiger partial charge in [0.15, 0.2) is 11.6 Å². The molecule has 3 N–H and O–H groups in total. The Morgan fingerprint density at radius 3 is 2.87 bits per heavy atom. The SMILES string of the molecule is O=C(Nc1cc(OC[C@H](O)CO)ncn1)N1c2nc(-c3cccc(C(F)(F)F)c3)ncc2N2CCC[C@H]1C2. The van der Waals surface area contributed by atoms with Crippen LogP contribution in [0.2, 0.25) is 0 Å². The number of aliphatic hydroxyl groups is 2. The van der Waals surface area contributed by atoms with E-state index in [1.165, 1.54) is 35.6 Å². The molecule has 0 spiro atoms. The number of ether oxygens (including phenoxy) is 1. The molecule has 2 atom stereocenters. The number of alkyl halides is 3. The third kappa shape index (κ3) is 5.31. The summed E-state index contributed by atoms with van der Waals surface area (Å²) in [5.41, 5.74) is -0.0345. The lowest BCUT2D eigenvalue weighted by atomic mass is 10.0. The maximum Gasteiger partial charge on any atom is 0.416 e. The van der Waals surface area contributed by atoms with Crippen molar-refractivity contribution >= 4 is 23.4 Å². The molecule has 38 heavy (non-hydrogen) atoms. The highest BCUT2D eigenvalue weighted by Gasteiger charge is 2.39. The third-order valence-electron chi connectivity index (χ3n) is 6.26. The molecule has 14 heteroatoms. The molecule has 0 radical (unpaired) electrons. The van der Waals surface area contributed by atoms with Gasteiger partial charge in [-0.1, -0.05) is 12.1 Å². The number of aromatic nitrogens is 4. The van der Waals surface area contributed by atoms with Crippen molar-refractivity contribution in [1.29, 1.82) is 0 Å². The van der Waals surface area contributed by atoms with Crippen molar-refractivity contribution in [3.63, 3.8) is 0 Å². The fourth-order valence-corrected chi connectivity index (χ4v) is 4.45. The van der Waals surface area contributed by atoms with E-state index in [4.69, 9.17) is 9.84 Å². The number of benzene rings is 1. The second kappa shape index (κ2) is 10.4. The molecule has 2 aliphatic heterocycles. The van der Waals surface area contributed by atoms with Crippen LogP contribution in [0.4, 0.5) is 35.3 Å². The number of carbonyl (C=O) groups is 1. The van der Waals surface area contributed by atoms with Crippen LogP contribution in [0.15, 0.2) is 42.9 Å². The Kier molecular flexibility index (Phi) is 6.99. The average molecular weight is 531 g/mol. The summed E-state index contributed by atoms with van der Waals surface area (Å²) in [6.07, 6.45) is -1.35. The molecule has 1 aromatic carbocycles. The lowest BCUT2D eigenvalue weighted by molar-refractivity contribution is -0.137. The number of rotatable bonds is 6. The van der Waals surface area contributed by atoms with E-state index in [2.05, 4.69) is 30.2 Å². The number of anilines is 3. The molecular formula is C24H24F3N7O4. The van der Waals surface area contributed by atoms with Gasteiger partial charge in [0.05, 0.1) is 30.1 Å². The normalized spacial score (nSPS) is 17.6. The van der Waals surface area contributed by atoms with Gasteiger partial charge in [0, 0.05) is 24.7 Å². The van der Waals surface area contributed by atoms with E-state index in [0.29, 0.717) is 18.7 Å². The van der Waals surface area contributed by atoms with E-state index >= 15 is 0 Å². The van der Waals surface area contributed by atoms with E-state index in [9.17, 15) is 23.1 Å². The zero-order valence-electron chi connectivity index (χ0n) is 20.0. The highest BCUT2D eigenvalue weighted by atomic mass is 19.4. The summed E-state index contributed by atoms with van der Waals surface area (Å²) in [4.78, 5) is 33.9. The number of nitrogens with zero attached hydrogens (tertiary/aromatic N) is 6. The van der Waals surface area contributed by atoms with Crippen molar-refractivity contribution in [2.75, 3.05) is 41.4 Å². The topological polar surface area (TPSA) is 137 Å². The molecule has 2 aliphatic rings. The van der Waals surface area contributed by atoms with Crippen LogP contribution in [0.25, 0.3) is 11.4 Å². The maximum atomic E-state index is 13.5. The Morgan fingerprint density at radius 1 is 1.24 bits per heavy atom. The summed E-state index contributed by atoms with van der Waals surface area (Å²) in [6, 6.07) is 5.34. The largest absolute Gasteiger partial charge is 0.475 e. The van der Waals surface area contributed by atoms with E-state index in [0.717, 1.165) is 25.1 Å². The standard InChI is InChI=1S/C24H24F3N7O4/c25-24(26,27)15-4-1-3-14(7-15)21-28-9-18-22(32-21)34(16-5-2-6-33(18)10-16)23(37)31-19-8-20(30-13-29-19)38-12-17(36)11-35/h1,3-4,7-9,13,16-17,35-36H,2,5-6,10-12H2,(H,29,30,31,37)/t16-,17+/m0/s1. The number of halogens is 3. The number of piperidine rings is 1. The molecule has 2 amide bonds. The predicted molar refractivity (Wildman–Crippen MR) is 130 cm³/mol. The second-order valence-corrected chi connectivity index (χ2v) is 8.91. The monoisotopic (exact) mass is 531 g/mol. The van der Waals surface area contributed by atoms with Gasteiger partial charge in [-0.2, -0.15) is 13.2 Å². The minimum atomic E-state index is -4.52. The summed E-state index contributed by atoms with van der Waals surface area (Å²) in [5, 5.41) is 21.1. The minimum Gasteiger partial charge on any atom is -0.475 e. The maximum absolute atomic E-state index is 13.5. The zero-order chi connectivity index (χ0) is 26.9. The Hall–Kier alpha value is -4.04. The first-order valence-electron chi connectivity index (χ1n) is 11.9. The van der Waals surface area contributed by atoms with Crippen LogP contribution < -0.4 is 19.9 Å². The van der Waals surface area contributed by atoms with Gasteiger partial charge in [-0.15, -0.1) is 0 Å². The number of aliphatic hydroxyl groups excluding tert-OH is 2. The Labute approximate surface area is 214 Å². The molecule has 11 nitrogen and oxygen atoms in total. The van der Waals surface area contributed by atoms with Gasteiger partial charge in [-0.3, -0.25) is 10.2 Å². The molecule has 0 unspecified atom stereocenters. The van der Waals surface area contributed by atoms with Crippen molar-refractivity contribution in [3.8, 4) is 17.3 Å². The fraction of sp³-hybridized carbons (Fsp3) is 0.375. The second-order valence-electron chi connectivity index (χ2n) is 8.91. The van der Waals surface area contributed by atoms with Crippen LogP contribution >= 0.6 is 0 Å². The van der Waals surface area contributed by atoms with Gasteiger partial charge in [0.2, 0.25) is 5.88 Å². The van der Waals surface area contributed by atoms with Crippen LogP contribution in [0, 0.1) is 0 Å². The number of hydrogen-bond acceptors (Lipinski definition) is 9. The van der Waals surface area contributed by atoms with Gasteiger partial charge >= 0.3 is 12.2 Å². The van der Waals surface area contributed by atoms with Crippen molar-refractivity contribution in [2.24, 2.45) is 0 Å². The smallest absolute Gasteiger partial charge is 0.416 e. The van der Waals surface area contributed by atoms with Crippen LogP contribution in [0.3, 0.4) is 0 Å². The van der Waals surface area contributed by atoms with Crippen molar-refractivity contribution in [3.05, 3.63) is 48.4 Å². The Morgan fingerprint density at radius 2 is 2.08 bits per heavy atom. The number of amides is 2. The first kappa shape index (κ1) is 25.6. The molecule has 3 aromatic rings. The van der Waals surface area contributed by atoms with E-state index in [-0.39, 0.29) is 41.6 Å². The molecule has 1 saturated heterocycles. The molecule has 2 bridgehead atoms. The minimum absolute atomic E-state index is 0.0639. The van der Waals surface area contributed by atoms with Gasteiger partial charge in [0.25, 0.3) is 0 Å². The Bertz CT molecular complexity index is 1330. The van der Waals surface area contributed by atoms with Crippen molar-refractivity contribution < 1.29 is 32.9 Å². The molecule has 5 rings (SSSR count). The van der Waals surface area contributed by atoms with E-state index in [1.54, 1.807) is 0 Å². The third-order valence-corrected chi connectivity index (χ3v) is 6.26. The number of fused-ring (bicyclic) bond motifs is 4. The van der Waals surface area contributed by atoms with Crippen LogP contribution in [-0.2, 0) is 6.18 Å². The summed E-state index contributed by atoms with van der Waals surface area (Å²) in [6.45, 7) is 0.626. The summed E-state index contributed by atoms with van der Waals surface area (Å²) < 4.78 is 45.1. The number of nitrogens with one attached hydrogen (secondary N) is 1. The molecular weight excluding hydrogens is 507 g/mol. The highest BCUT2D eigenvalue weighted by Crippen LogP contribution is 2.39. The van der Waals surface area contributed by atoms with Gasteiger partial charge in [-0.25, -0.2) is 24.7 Å². The molecule has 0 aliphatic carbocycles. The molecule has 2 aromatic heterocycles. The summed E-state index contributed by atoms with van der Waals surface area (Å²) in [7, 11) is 0. The molecule has 4 heterocycles. The summed E-state index contributed by atoms with van der Waals surface area (Å²) in [5.74, 6) is 0.566. The first-order valence-corrected chi connectivity index (χ1v) is 11.9. The molecule has 1 fully saturated rings. The lowest BCUT2D eigenvalue weighted by Crippen LogP contribution is -2.56. The number of carbonyl (C=O) groups excluding carboxylic acids is 1. The van der Waals surface area contributed by atoms with Crippen LogP contribution in [0.1, 0.15) is 18.4 Å². The molecule has 0 saturated carbocycles. The number of urea groups is 1.